The van der Waals surface area contributed by atoms with Crippen molar-refractivity contribution in [2.45, 2.75) is 4.90 Å². The average molecular weight is 402 g/mol. The molecule has 9 heteroatoms. The van der Waals surface area contributed by atoms with Crippen LogP contribution in [0, 0.1) is 0 Å². The van der Waals surface area contributed by atoms with Gasteiger partial charge >= 0.3 is 5.63 Å². The monoisotopic (exact) mass is 402 g/mol. The number of nitrogens with one attached hydrogen (secondary N) is 1. The highest BCUT2D eigenvalue weighted by Crippen LogP contribution is 2.20. The normalized spacial score (nSPS) is 11.5. The molecule has 0 unspecified atom stereocenters. The third kappa shape index (κ3) is 4.38. The number of nitrogens with zero attached hydrogens (tertiary/aromatic N) is 1. The van der Waals surface area contributed by atoms with E-state index in [0.717, 1.165) is 9.69 Å². The van der Waals surface area contributed by atoms with E-state index in [1.807, 2.05) is 0 Å². The van der Waals surface area contributed by atoms with Crippen LogP contribution in [0.25, 0.3) is 11.0 Å². The van der Waals surface area contributed by atoms with Gasteiger partial charge in [-0.25, -0.2) is 17.5 Å². The van der Waals surface area contributed by atoms with E-state index in [4.69, 9.17) is 9.15 Å². The largest absolute Gasteiger partial charge is 0.484 e. The van der Waals surface area contributed by atoms with Crippen LogP contribution in [0.3, 0.4) is 0 Å². The van der Waals surface area contributed by atoms with Crippen molar-refractivity contribution in [1.82, 2.24) is 4.31 Å². The van der Waals surface area contributed by atoms with Crippen LogP contribution in [-0.4, -0.2) is 39.3 Å². The van der Waals surface area contributed by atoms with E-state index in [0.29, 0.717) is 17.0 Å². The Labute approximate surface area is 161 Å². The van der Waals surface area contributed by atoms with Gasteiger partial charge in [-0.15, -0.1) is 0 Å². The van der Waals surface area contributed by atoms with Crippen LogP contribution in [0.2, 0.25) is 0 Å². The number of hydrogen-bond donors (Lipinski definition) is 1. The van der Waals surface area contributed by atoms with E-state index in [2.05, 4.69) is 5.32 Å². The highest BCUT2D eigenvalue weighted by Gasteiger charge is 2.17. The zero-order valence-electron chi connectivity index (χ0n) is 15.2. The van der Waals surface area contributed by atoms with E-state index in [-0.39, 0.29) is 11.5 Å². The fourth-order valence-corrected chi connectivity index (χ4v) is 3.37. The van der Waals surface area contributed by atoms with Crippen LogP contribution in [0.5, 0.6) is 5.75 Å². The van der Waals surface area contributed by atoms with Gasteiger partial charge in [-0.2, -0.15) is 0 Å². The summed E-state index contributed by atoms with van der Waals surface area (Å²) >= 11 is 0. The molecule has 0 saturated carbocycles. The van der Waals surface area contributed by atoms with E-state index in [1.165, 1.54) is 44.4 Å². The fourth-order valence-electron chi connectivity index (χ4n) is 2.42. The molecule has 0 spiro atoms. The number of sulfonamides is 1. The third-order valence-corrected chi connectivity index (χ3v) is 5.67. The van der Waals surface area contributed by atoms with Crippen molar-refractivity contribution in [3.63, 3.8) is 0 Å². The molecule has 2 aromatic carbocycles. The van der Waals surface area contributed by atoms with Gasteiger partial charge in [0, 0.05) is 37.3 Å². The summed E-state index contributed by atoms with van der Waals surface area (Å²) < 4.78 is 35.9. The first kappa shape index (κ1) is 19.6. The molecule has 0 aliphatic rings. The Morgan fingerprint density at radius 3 is 2.61 bits per heavy atom. The molecule has 0 fully saturated rings. The number of fused-ring (bicyclic) bond motifs is 1. The summed E-state index contributed by atoms with van der Waals surface area (Å²) in [6, 6.07) is 13.8. The lowest BCUT2D eigenvalue weighted by Gasteiger charge is -2.13. The Balaban J connectivity index is 1.67. The lowest BCUT2D eigenvalue weighted by atomic mass is 10.2. The molecule has 28 heavy (non-hydrogen) atoms. The van der Waals surface area contributed by atoms with Crippen LogP contribution in [0.1, 0.15) is 0 Å². The van der Waals surface area contributed by atoms with Crippen molar-refractivity contribution in [1.29, 1.82) is 0 Å². The number of hydrogen-bond acceptors (Lipinski definition) is 6. The summed E-state index contributed by atoms with van der Waals surface area (Å²) in [5, 5.41) is 3.32. The van der Waals surface area contributed by atoms with E-state index < -0.39 is 21.6 Å². The summed E-state index contributed by atoms with van der Waals surface area (Å²) in [6.45, 7) is -0.298. The van der Waals surface area contributed by atoms with Gasteiger partial charge in [-0.05, 0) is 36.4 Å². The number of ether oxygens (including phenoxy) is 1. The second-order valence-corrected chi connectivity index (χ2v) is 8.26. The van der Waals surface area contributed by atoms with Crippen LogP contribution < -0.4 is 15.7 Å². The molecule has 1 amide bonds. The molecule has 8 nitrogen and oxygen atoms in total. The molecular formula is C19H18N2O6S. The van der Waals surface area contributed by atoms with Crippen molar-refractivity contribution in [3.8, 4) is 5.75 Å². The second-order valence-electron chi connectivity index (χ2n) is 6.11. The molecule has 3 rings (SSSR count). The summed E-state index contributed by atoms with van der Waals surface area (Å²) in [5.74, 6) is -0.102. The minimum absolute atomic E-state index is 0.0702. The van der Waals surface area contributed by atoms with Gasteiger partial charge in [0.05, 0.1) is 4.90 Å². The summed E-state index contributed by atoms with van der Waals surface area (Å²) in [5.41, 5.74) is 0.211. The highest BCUT2D eigenvalue weighted by molar-refractivity contribution is 7.89. The number of anilines is 1. The van der Waals surface area contributed by atoms with Crippen molar-refractivity contribution in [2.24, 2.45) is 0 Å². The number of carbonyl (C=O) groups is 1. The van der Waals surface area contributed by atoms with E-state index in [1.54, 1.807) is 24.3 Å². The lowest BCUT2D eigenvalue weighted by Crippen LogP contribution is -2.23. The molecule has 0 bridgehead atoms. The van der Waals surface area contributed by atoms with Gasteiger partial charge in [-0.3, -0.25) is 4.79 Å². The van der Waals surface area contributed by atoms with Crippen LogP contribution in [-0.2, 0) is 14.8 Å². The van der Waals surface area contributed by atoms with Crippen molar-refractivity contribution < 1.29 is 22.4 Å². The SMILES string of the molecule is CN(C)S(=O)(=O)c1cccc(NC(=O)COc2ccc3ccc(=O)oc3c2)c1. The van der Waals surface area contributed by atoms with E-state index in [9.17, 15) is 18.0 Å². The third-order valence-electron chi connectivity index (χ3n) is 3.86. The molecule has 0 aliphatic heterocycles. The minimum atomic E-state index is -3.60. The smallest absolute Gasteiger partial charge is 0.336 e. The topological polar surface area (TPSA) is 106 Å². The fraction of sp³-hybridized carbons (Fsp3) is 0.158. The van der Waals surface area contributed by atoms with Crippen LogP contribution in [0.15, 0.2) is 68.7 Å². The van der Waals surface area contributed by atoms with E-state index >= 15 is 0 Å². The van der Waals surface area contributed by atoms with Crippen molar-refractivity contribution >= 4 is 32.6 Å². The number of rotatable bonds is 6. The molecular weight excluding hydrogens is 384 g/mol. The molecule has 0 aliphatic carbocycles. The van der Waals surface area contributed by atoms with Gasteiger partial charge in [0.15, 0.2) is 6.61 Å². The van der Waals surface area contributed by atoms with Gasteiger partial charge < -0.3 is 14.5 Å². The van der Waals surface area contributed by atoms with Crippen LogP contribution >= 0.6 is 0 Å². The van der Waals surface area contributed by atoms with Crippen molar-refractivity contribution in [2.75, 3.05) is 26.0 Å². The average Bonchev–Trinajstić information content (AvgIpc) is 2.66. The zero-order valence-corrected chi connectivity index (χ0v) is 16.0. The number of benzene rings is 2. The van der Waals surface area contributed by atoms with Crippen molar-refractivity contribution in [3.05, 3.63) is 65.0 Å². The maximum atomic E-state index is 12.2. The quantitative estimate of drug-likeness (QED) is 0.633. The maximum Gasteiger partial charge on any atom is 0.336 e. The first-order valence-electron chi connectivity index (χ1n) is 8.25. The molecule has 0 atom stereocenters. The predicted molar refractivity (Wildman–Crippen MR) is 104 cm³/mol. The lowest BCUT2D eigenvalue weighted by molar-refractivity contribution is -0.118. The predicted octanol–water partition coefficient (Wildman–Crippen LogP) is 2.06. The number of carbonyl (C=O) groups excluding carboxylic acids is 1. The summed E-state index contributed by atoms with van der Waals surface area (Å²) in [4.78, 5) is 23.5. The molecule has 1 aromatic heterocycles. The Kier molecular flexibility index (Phi) is 5.48. The maximum absolute atomic E-state index is 12.2. The Morgan fingerprint density at radius 2 is 1.86 bits per heavy atom. The standard InChI is InChI=1S/C19H18N2O6S/c1-21(2)28(24,25)16-5-3-4-14(10-16)20-18(22)12-26-15-8-6-13-7-9-19(23)27-17(13)11-15/h3-11H,12H2,1-2H3,(H,20,22). The first-order chi connectivity index (χ1) is 13.3. The molecule has 1 N–H and O–H groups in total. The minimum Gasteiger partial charge on any atom is -0.484 e. The van der Waals surface area contributed by atoms with Crippen LogP contribution in [0.4, 0.5) is 5.69 Å². The Hall–Kier alpha value is -3.17. The highest BCUT2D eigenvalue weighted by atomic mass is 32.2. The second kappa shape index (κ2) is 7.83. The molecule has 146 valence electrons. The molecule has 3 aromatic rings. The van der Waals surface area contributed by atoms with Gasteiger partial charge in [0.25, 0.3) is 5.91 Å². The molecule has 0 radical (unpaired) electrons. The zero-order chi connectivity index (χ0) is 20.3. The summed E-state index contributed by atoms with van der Waals surface area (Å²) in [6.07, 6.45) is 0. The van der Waals surface area contributed by atoms with Gasteiger partial charge in [-0.1, -0.05) is 6.07 Å². The first-order valence-corrected chi connectivity index (χ1v) is 9.69. The Bertz CT molecular complexity index is 1180. The van der Waals surface area contributed by atoms with Gasteiger partial charge in [0.2, 0.25) is 10.0 Å². The molecule has 1 heterocycles. The molecule has 0 saturated heterocycles. The Morgan fingerprint density at radius 1 is 1.11 bits per heavy atom. The summed E-state index contributed by atoms with van der Waals surface area (Å²) in [7, 11) is -0.739. The van der Waals surface area contributed by atoms with Gasteiger partial charge in [0.1, 0.15) is 11.3 Å². The number of amides is 1.